The van der Waals surface area contributed by atoms with E-state index in [1.54, 1.807) is 7.11 Å². The van der Waals surface area contributed by atoms with Gasteiger partial charge >= 0.3 is 0 Å². The van der Waals surface area contributed by atoms with Gasteiger partial charge in [0, 0.05) is 40.0 Å². The van der Waals surface area contributed by atoms with Crippen LogP contribution in [0.3, 0.4) is 0 Å². The lowest BCUT2D eigenvalue weighted by atomic mass is 9.98. The average molecular weight is 349 g/mol. The molecule has 0 bridgehead atoms. The molecule has 2 rings (SSSR count). The first-order valence-electron chi connectivity index (χ1n) is 6.94. The van der Waals surface area contributed by atoms with Crippen LogP contribution >= 0.6 is 15.9 Å². The molecule has 0 fully saturated rings. The number of nitrogens with two attached hydrogens (primary N) is 1. The summed E-state index contributed by atoms with van der Waals surface area (Å²) in [4.78, 5) is 4.53. The van der Waals surface area contributed by atoms with Gasteiger partial charge in [-0.3, -0.25) is 4.98 Å². The first-order valence-corrected chi connectivity index (χ1v) is 7.74. The predicted octanol–water partition coefficient (Wildman–Crippen LogP) is 4.02. The monoisotopic (exact) mass is 348 g/mol. The summed E-state index contributed by atoms with van der Waals surface area (Å²) in [6.45, 7) is 6.10. The van der Waals surface area contributed by atoms with Gasteiger partial charge in [0.25, 0.3) is 0 Å². The van der Waals surface area contributed by atoms with Crippen LogP contribution in [0.4, 0.5) is 0 Å². The molecule has 1 unspecified atom stereocenters. The third-order valence-electron chi connectivity index (χ3n) is 3.71. The van der Waals surface area contributed by atoms with Gasteiger partial charge in [-0.1, -0.05) is 33.6 Å². The maximum atomic E-state index is 6.38. The minimum absolute atomic E-state index is 0.0992. The lowest BCUT2D eigenvalue weighted by Crippen LogP contribution is -2.16. The van der Waals surface area contributed by atoms with Crippen LogP contribution in [0.2, 0.25) is 0 Å². The molecule has 21 heavy (non-hydrogen) atoms. The van der Waals surface area contributed by atoms with Crippen molar-refractivity contribution in [3.05, 3.63) is 56.8 Å². The molecule has 0 radical (unpaired) electrons. The van der Waals surface area contributed by atoms with Crippen molar-refractivity contribution < 1.29 is 4.74 Å². The minimum atomic E-state index is -0.0992. The fourth-order valence-electron chi connectivity index (χ4n) is 2.54. The van der Waals surface area contributed by atoms with Crippen molar-refractivity contribution in [1.82, 2.24) is 4.98 Å². The van der Waals surface area contributed by atoms with Crippen molar-refractivity contribution in [3.8, 4) is 5.75 Å². The Kier molecular flexibility index (Phi) is 5.01. The predicted molar refractivity (Wildman–Crippen MR) is 89.8 cm³/mol. The van der Waals surface area contributed by atoms with Gasteiger partial charge < -0.3 is 10.5 Å². The summed E-state index contributed by atoms with van der Waals surface area (Å²) in [6, 6.07) is 6.13. The molecule has 1 aromatic carbocycles. The second kappa shape index (κ2) is 6.58. The van der Waals surface area contributed by atoms with Gasteiger partial charge in [0.1, 0.15) is 5.75 Å². The van der Waals surface area contributed by atoms with E-state index >= 15 is 0 Å². The number of aromatic nitrogens is 1. The average Bonchev–Trinajstić information content (AvgIpc) is 2.45. The largest absolute Gasteiger partial charge is 0.496 e. The van der Waals surface area contributed by atoms with Crippen molar-refractivity contribution in [2.75, 3.05) is 7.11 Å². The van der Waals surface area contributed by atoms with Gasteiger partial charge in [-0.25, -0.2) is 0 Å². The van der Waals surface area contributed by atoms with E-state index < -0.39 is 0 Å². The van der Waals surface area contributed by atoms with Crippen molar-refractivity contribution in [2.45, 2.75) is 33.2 Å². The van der Waals surface area contributed by atoms with Crippen LogP contribution in [0.5, 0.6) is 5.75 Å². The van der Waals surface area contributed by atoms with Gasteiger partial charge in [0.05, 0.1) is 7.11 Å². The van der Waals surface area contributed by atoms with Crippen molar-refractivity contribution >= 4 is 15.9 Å². The highest BCUT2D eigenvalue weighted by atomic mass is 79.9. The van der Waals surface area contributed by atoms with Gasteiger partial charge in [0.2, 0.25) is 0 Å². The zero-order valence-electron chi connectivity index (χ0n) is 12.9. The minimum Gasteiger partial charge on any atom is -0.496 e. The van der Waals surface area contributed by atoms with E-state index in [2.05, 4.69) is 40.0 Å². The highest BCUT2D eigenvalue weighted by Gasteiger charge is 2.16. The maximum Gasteiger partial charge on any atom is 0.128 e. The van der Waals surface area contributed by atoms with Gasteiger partial charge in [0.15, 0.2) is 0 Å². The number of nitrogens with zero attached hydrogens (tertiary/aromatic N) is 1. The van der Waals surface area contributed by atoms with Crippen LogP contribution in [0.1, 0.15) is 34.0 Å². The Balaban J connectivity index is 2.32. The topological polar surface area (TPSA) is 48.1 Å². The van der Waals surface area contributed by atoms with E-state index in [1.807, 2.05) is 26.1 Å². The van der Waals surface area contributed by atoms with Crippen molar-refractivity contribution in [3.63, 3.8) is 0 Å². The first kappa shape index (κ1) is 16.0. The van der Waals surface area contributed by atoms with Crippen LogP contribution in [-0.2, 0) is 6.42 Å². The molecule has 0 aliphatic carbocycles. The maximum absolute atomic E-state index is 6.38. The lowest BCUT2D eigenvalue weighted by molar-refractivity contribution is 0.406. The van der Waals surface area contributed by atoms with Gasteiger partial charge in [-0.15, -0.1) is 0 Å². The SMILES string of the molecule is COc1c(C)cnc(CC(N)c2cc(C)ccc2Br)c1C. The molecule has 112 valence electrons. The summed E-state index contributed by atoms with van der Waals surface area (Å²) in [6.07, 6.45) is 2.53. The quantitative estimate of drug-likeness (QED) is 0.907. The van der Waals surface area contributed by atoms with E-state index in [1.165, 1.54) is 5.56 Å². The summed E-state index contributed by atoms with van der Waals surface area (Å²) in [5.41, 5.74) is 11.8. The summed E-state index contributed by atoms with van der Waals surface area (Å²) in [5, 5.41) is 0. The fraction of sp³-hybridized carbons (Fsp3) is 0.353. The number of rotatable bonds is 4. The molecule has 0 spiro atoms. The molecule has 1 atom stereocenters. The highest BCUT2D eigenvalue weighted by molar-refractivity contribution is 9.10. The molecule has 2 aromatic rings. The number of benzene rings is 1. The zero-order valence-corrected chi connectivity index (χ0v) is 14.5. The van der Waals surface area contributed by atoms with E-state index in [0.717, 1.165) is 32.6 Å². The molecule has 1 aromatic heterocycles. The van der Waals surface area contributed by atoms with Crippen LogP contribution in [0.15, 0.2) is 28.9 Å². The first-order chi connectivity index (χ1) is 9.93. The van der Waals surface area contributed by atoms with E-state index in [9.17, 15) is 0 Å². The molecule has 0 saturated carbocycles. The molecule has 4 heteroatoms. The number of pyridine rings is 1. The van der Waals surface area contributed by atoms with Gasteiger partial charge in [-0.2, -0.15) is 0 Å². The van der Waals surface area contributed by atoms with Crippen LogP contribution in [0, 0.1) is 20.8 Å². The zero-order chi connectivity index (χ0) is 15.6. The van der Waals surface area contributed by atoms with Gasteiger partial charge in [-0.05, 0) is 32.4 Å². The number of ether oxygens (including phenoxy) is 1. The summed E-state index contributed by atoms with van der Waals surface area (Å²) >= 11 is 3.58. The Morgan fingerprint density at radius 1 is 1.29 bits per heavy atom. The third-order valence-corrected chi connectivity index (χ3v) is 4.44. The smallest absolute Gasteiger partial charge is 0.128 e. The summed E-state index contributed by atoms with van der Waals surface area (Å²) in [7, 11) is 1.69. The standard InChI is InChI=1S/C17H21BrN2O/c1-10-5-6-14(18)13(7-10)15(19)8-16-12(3)17(21-4)11(2)9-20-16/h5-7,9,15H,8,19H2,1-4H3. The van der Waals surface area contributed by atoms with Crippen molar-refractivity contribution in [2.24, 2.45) is 5.73 Å². The molecule has 1 heterocycles. The highest BCUT2D eigenvalue weighted by Crippen LogP contribution is 2.29. The van der Waals surface area contributed by atoms with E-state index in [4.69, 9.17) is 10.5 Å². The van der Waals surface area contributed by atoms with Crippen LogP contribution in [0.25, 0.3) is 0 Å². The third kappa shape index (κ3) is 3.44. The number of methoxy groups -OCH3 is 1. The molecule has 0 amide bonds. The molecule has 3 nitrogen and oxygen atoms in total. The van der Waals surface area contributed by atoms with E-state index in [-0.39, 0.29) is 6.04 Å². The number of hydrogen-bond donors (Lipinski definition) is 1. The lowest BCUT2D eigenvalue weighted by Gasteiger charge is -2.17. The number of aryl methyl sites for hydroxylation is 2. The Morgan fingerprint density at radius 2 is 2.00 bits per heavy atom. The molecule has 2 N–H and O–H groups in total. The molecule has 0 aliphatic heterocycles. The number of hydrogen-bond acceptors (Lipinski definition) is 3. The second-order valence-corrected chi connectivity index (χ2v) is 6.24. The fourth-order valence-corrected chi connectivity index (χ4v) is 3.08. The Bertz CT molecular complexity index is 655. The Morgan fingerprint density at radius 3 is 2.67 bits per heavy atom. The van der Waals surface area contributed by atoms with Crippen LogP contribution in [-0.4, -0.2) is 12.1 Å². The Hall–Kier alpha value is -1.39. The molecule has 0 aliphatic rings. The molecule has 0 saturated heterocycles. The normalized spacial score (nSPS) is 12.3. The molecular weight excluding hydrogens is 328 g/mol. The summed E-state index contributed by atoms with van der Waals surface area (Å²) in [5.74, 6) is 0.899. The second-order valence-electron chi connectivity index (χ2n) is 5.38. The van der Waals surface area contributed by atoms with Crippen LogP contribution < -0.4 is 10.5 Å². The van der Waals surface area contributed by atoms with Crippen molar-refractivity contribution in [1.29, 1.82) is 0 Å². The molecular formula is C17H21BrN2O. The number of halogens is 1. The van der Waals surface area contributed by atoms with E-state index in [0.29, 0.717) is 6.42 Å². The Labute approximate surface area is 134 Å². The summed E-state index contributed by atoms with van der Waals surface area (Å²) < 4.78 is 6.50.